The molecular formula is C12H12N4O2S2. The van der Waals surface area contributed by atoms with E-state index in [1.54, 1.807) is 6.20 Å². The van der Waals surface area contributed by atoms with Gasteiger partial charge in [0.25, 0.3) is 5.91 Å². The Morgan fingerprint density at radius 1 is 1.55 bits per heavy atom. The molecule has 0 aliphatic heterocycles. The number of hydrogen-bond donors (Lipinski definition) is 2. The third kappa shape index (κ3) is 3.60. The van der Waals surface area contributed by atoms with E-state index in [9.17, 15) is 4.79 Å². The molecule has 0 aromatic carbocycles. The van der Waals surface area contributed by atoms with E-state index in [1.165, 1.54) is 11.3 Å². The number of nitrogens with one attached hydrogen (secondary N) is 1. The van der Waals surface area contributed by atoms with E-state index < -0.39 is 0 Å². The molecule has 0 radical (unpaired) electrons. The smallest absolute Gasteiger partial charge is 0.271 e. The van der Waals surface area contributed by atoms with Gasteiger partial charge in [0.05, 0.1) is 23.4 Å². The van der Waals surface area contributed by atoms with Crippen LogP contribution in [0.1, 0.15) is 33.6 Å². The summed E-state index contributed by atoms with van der Waals surface area (Å²) in [5.41, 5.74) is 0.687. The molecule has 20 heavy (non-hydrogen) atoms. The Balaban J connectivity index is 2.04. The van der Waals surface area contributed by atoms with E-state index in [0.29, 0.717) is 28.5 Å². The van der Waals surface area contributed by atoms with Crippen molar-refractivity contribution in [3.63, 3.8) is 0 Å². The first-order chi connectivity index (χ1) is 9.74. The van der Waals surface area contributed by atoms with Crippen LogP contribution in [0.4, 0.5) is 5.13 Å². The zero-order valence-electron chi connectivity index (χ0n) is 10.7. The predicted molar refractivity (Wildman–Crippen MR) is 77.9 cm³/mol. The van der Waals surface area contributed by atoms with Crippen LogP contribution in [0, 0.1) is 11.8 Å². The number of amides is 1. The Bertz CT molecular complexity index is 654. The quantitative estimate of drug-likeness (QED) is 0.837. The molecule has 0 saturated carbocycles. The molecule has 0 fully saturated rings. The van der Waals surface area contributed by atoms with E-state index >= 15 is 0 Å². The van der Waals surface area contributed by atoms with Gasteiger partial charge in [-0.25, -0.2) is 4.98 Å². The Labute approximate surface area is 124 Å². The summed E-state index contributed by atoms with van der Waals surface area (Å²) in [4.78, 5) is 17.4. The third-order valence-electron chi connectivity index (χ3n) is 2.27. The average molecular weight is 308 g/mol. The normalized spacial score (nSPS) is 9.90. The minimum absolute atomic E-state index is 0.0353. The minimum Gasteiger partial charge on any atom is -0.395 e. The monoisotopic (exact) mass is 308 g/mol. The van der Waals surface area contributed by atoms with E-state index in [-0.39, 0.29) is 12.5 Å². The summed E-state index contributed by atoms with van der Waals surface area (Å²) in [5.74, 6) is 5.42. The zero-order valence-corrected chi connectivity index (χ0v) is 12.3. The molecule has 0 unspecified atom stereocenters. The number of aliphatic hydroxyl groups excluding tert-OH is 1. The Morgan fingerprint density at radius 2 is 2.40 bits per heavy atom. The van der Waals surface area contributed by atoms with Gasteiger partial charge in [-0.2, -0.15) is 0 Å². The first-order valence-corrected chi connectivity index (χ1v) is 7.51. The van der Waals surface area contributed by atoms with Crippen LogP contribution >= 0.6 is 22.9 Å². The van der Waals surface area contributed by atoms with Gasteiger partial charge in [0.15, 0.2) is 5.13 Å². The highest BCUT2D eigenvalue weighted by molar-refractivity contribution is 7.16. The second kappa shape index (κ2) is 7.09. The number of nitrogens with zero attached hydrogens (tertiary/aromatic N) is 3. The fourth-order valence-electron chi connectivity index (χ4n) is 1.36. The van der Waals surface area contributed by atoms with Crippen molar-refractivity contribution in [1.82, 2.24) is 14.6 Å². The number of hydrogen-bond acceptors (Lipinski definition) is 7. The van der Waals surface area contributed by atoms with Crippen molar-refractivity contribution < 1.29 is 9.90 Å². The number of aliphatic hydroxyl groups is 1. The SMILES string of the molecule is CCc1nnsc1C(=O)Nc1ncc(C#CCCO)s1. The van der Waals surface area contributed by atoms with Crippen molar-refractivity contribution in [1.29, 1.82) is 0 Å². The van der Waals surface area contributed by atoms with Gasteiger partial charge in [-0.15, -0.1) is 5.10 Å². The van der Waals surface area contributed by atoms with Crippen LogP contribution in [0.15, 0.2) is 6.20 Å². The van der Waals surface area contributed by atoms with Crippen LogP contribution in [0.3, 0.4) is 0 Å². The lowest BCUT2D eigenvalue weighted by molar-refractivity contribution is 0.102. The van der Waals surface area contributed by atoms with Crippen LogP contribution in [0.5, 0.6) is 0 Å². The van der Waals surface area contributed by atoms with Gasteiger partial charge in [-0.1, -0.05) is 34.6 Å². The van der Waals surface area contributed by atoms with E-state index in [1.807, 2.05) is 6.92 Å². The molecular weight excluding hydrogens is 296 g/mol. The summed E-state index contributed by atoms with van der Waals surface area (Å²) >= 11 is 2.36. The number of aryl methyl sites for hydroxylation is 1. The molecule has 6 nitrogen and oxygen atoms in total. The van der Waals surface area contributed by atoms with Gasteiger partial charge in [-0.05, 0) is 18.0 Å². The fourth-order valence-corrected chi connectivity index (χ4v) is 2.69. The molecule has 2 rings (SSSR count). The van der Waals surface area contributed by atoms with Crippen molar-refractivity contribution in [2.75, 3.05) is 11.9 Å². The van der Waals surface area contributed by atoms with Gasteiger partial charge >= 0.3 is 0 Å². The molecule has 0 spiro atoms. The maximum absolute atomic E-state index is 12.0. The summed E-state index contributed by atoms with van der Waals surface area (Å²) in [5, 5.41) is 15.7. The predicted octanol–water partition coefficient (Wildman–Crippen LogP) is 1.54. The van der Waals surface area contributed by atoms with Gasteiger partial charge in [0, 0.05) is 6.42 Å². The molecule has 0 aliphatic rings. The average Bonchev–Trinajstić information content (AvgIpc) is 3.07. The maximum atomic E-state index is 12.0. The number of anilines is 1. The van der Waals surface area contributed by atoms with Crippen LogP contribution < -0.4 is 5.32 Å². The molecule has 2 aromatic rings. The van der Waals surface area contributed by atoms with Crippen molar-refractivity contribution in [3.05, 3.63) is 21.6 Å². The first-order valence-electron chi connectivity index (χ1n) is 5.92. The summed E-state index contributed by atoms with van der Waals surface area (Å²) in [6.45, 7) is 1.96. The van der Waals surface area contributed by atoms with Gasteiger partial charge in [0.2, 0.25) is 0 Å². The summed E-state index contributed by atoms with van der Waals surface area (Å²) in [7, 11) is 0. The summed E-state index contributed by atoms with van der Waals surface area (Å²) in [6, 6.07) is 0. The fraction of sp³-hybridized carbons (Fsp3) is 0.333. The van der Waals surface area contributed by atoms with Crippen LogP contribution in [0.25, 0.3) is 0 Å². The maximum Gasteiger partial charge on any atom is 0.271 e. The Kier molecular flexibility index (Phi) is 5.17. The number of carbonyl (C=O) groups excluding carboxylic acids is 1. The van der Waals surface area contributed by atoms with Gasteiger partial charge in [-0.3, -0.25) is 10.1 Å². The van der Waals surface area contributed by atoms with Crippen molar-refractivity contribution in [2.24, 2.45) is 0 Å². The molecule has 104 valence electrons. The highest BCUT2D eigenvalue weighted by Gasteiger charge is 2.16. The minimum atomic E-state index is -0.249. The van der Waals surface area contributed by atoms with Gasteiger partial charge in [0.1, 0.15) is 4.88 Å². The standard InChI is InChI=1S/C12H12N4O2S2/c1-2-9-10(20-16-15-9)11(18)14-12-13-7-8(19-12)5-3-4-6-17/h7,17H,2,4,6H2,1H3,(H,13,14,18). The van der Waals surface area contributed by atoms with Crippen LogP contribution in [0.2, 0.25) is 0 Å². The van der Waals surface area contributed by atoms with Crippen LogP contribution in [-0.2, 0) is 6.42 Å². The second-order valence-corrected chi connectivity index (χ2v) is 5.45. The molecule has 1 amide bonds. The highest BCUT2D eigenvalue weighted by atomic mass is 32.1. The lowest BCUT2D eigenvalue weighted by Crippen LogP contribution is -2.11. The van der Waals surface area contributed by atoms with Crippen molar-refractivity contribution >= 4 is 33.9 Å². The highest BCUT2D eigenvalue weighted by Crippen LogP contribution is 2.19. The number of aromatic nitrogens is 3. The van der Waals surface area contributed by atoms with Gasteiger partial charge < -0.3 is 5.11 Å². The number of rotatable bonds is 4. The summed E-state index contributed by atoms with van der Waals surface area (Å²) in [6.07, 6.45) is 2.68. The molecule has 2 aromatic heterocycles. The lowest BCUT2D eigenvalue weighted by Gasteiger charge is -1.98. The molecule has 0 aliphatic carbocycles. The molecule has 0 atom stereocenters. The van der Waals surface area contributed by atoms with Crippen molar-refractivity contribution in [2.45, 2.75) is 19.8 Å². The topological polar surface area (TPSA) is 88.0 Å². The summed E-state index contributed by atoms with van der Waals surface area (Å²) < 4.78 is 3.78. The second-order valence-electron chi connectivity index (χ2n) is 3.66. The molecule has 0 saturated heterocycles. The largest absolute Gasteiger partial charge is 0.395 e. The molecule has 2 N–H and O–H groups in total. The van der Waals surface area contributed by atoms with E-state index in [4.69, 9.17) is 5.11 Å². The van der Waals surface area contributed by atoms with Crippen molar-refractivity contribution in [3.8, 4) is 11.8 Å². The number of thiazole rings is 1. The zero-order chi connectivity index (χ0) is 14.4. The first kappa shape index (κ1) is 14.6. The van der Waals surface area contributed by atoms with Crippen LogP contribution in [-0.4, -0.2) is 32.2 Å². The Hall–Kier alpha value is -1.82. The molecule has 8 heteroatoms. The van der Waals surface area contributed by atoms with E-state index in [2.05, 4.69) is 31.7 Å². The third-order valence-corrected chi connectivity index (χ3v) is 3.87. The molecule has 2 heterocycles. The Morgan fingerprint density at radius 3 is 3.15 bits per heavy atom. The number of carbonyl (C=O) groups is 1. The van der Waals surface area contributed by atoms with E-state index in [0.717, 1.165) is 16.4 Å². The molecule has 0 bridgehead atoms. The lowest BCUT2D eigenvalue weighted by atomic mass is 10.3.